The van der Waals surface area contributed by atoms with Gasteiger partial charge in [-0.1, -0.05) is 51.3 Å². The van der Waals surface area contributed by atoms with Crippen LogP contribution in [0.3, 0.4) is 0 Å². The summed E-state index contributed by atoms with van der Waals surface area (Å²) >= 11 is 1.42. The van der Waals surface area contributed by atoms with Gasteiger partial charge in [0.15, 0.2) is 0 Å². The molecular weight excluding hydrogens is 364 g/mol. The minimum absolute atomic E-state index is 0.00748. The Hall–Kier alpha value is -1.41. The fraction of sp³-hybridized carbons (Fsp3) is 0.789. The van der Waals surface area contributed by atoms with E-state index >= 15 is 0 Å². The van der Waals surface area contributed by atoms with Crippen molar-refractivity contribution < 1.29 is 14.0 Å². The van der Waals surface area contributed by atoms with Gasteiger partial charge in [-0.05, 0) is 32.2 Å². The number of aromatic nitrogens is 2. The Labute approximate surface area is 166 Å². The average Bonchev–Trinajstić information content (AvgIpc) is 2.95. The van der Waals surface area contributed by atoms with Crippen LogP contribution in [0.25, 0.3) is 0 Å². The van der Waals surface area contributed by atoms with E-state index in [2.05, 4.69) is 29.4 Å². The maximum absolute atomic E-state index is 13.1. The van der Waals surface area contributed by atoms with Crippen LogP contribution < -0.4 is 5.32 Å². The third kappa shape index (κ3) is 6.60. The van der Waals surface area contributed by atoms with Gasteiger partial charge in [0, 0.05) is 18.3 Å². The van der Waals surface area contributed by atoms with Gasteiger partial charge in [-0.25, -0.2) is 0 Å². The summed E-state index contributed by atoms with van der Waals surface area (Å²) in [5, 5.41) is 11.4. The van der Waals surface area contributed by atoms with Gasteiger partial charge in [0.25, 0.3) is 11.1 Å². The van der Waals surface area contributed by atoms with E-state index < -0.39 is 6.04 Å². The number of hydrogen-bond acceptors (Lipinski definition) is 7. The molecule has 27 heavy (non-hydrogen) atoms. The molecule has 1 saturated carbocycles. The van der Waals surface area contributed by atoms with Gasteiger partial charge < -0.3 is 14.6 Å². The predicted molar refractivity (Wildman–Crippen MR) is 106 cm³/mol. The number of thioether (sulfide) groups is 1. The minimum atomic E-state index is -0.541. The third-order valence-electron chi connectivity index (χ3n) is 4.92. The summed E-state index contributed by atoms with van der Waals surface area (Å²) in [5.41, 5.74) is 0. The summed E-state index contributed by atoms with van der Waals surface area (Å²) in [6.07, 6.45) is 7.95. The number of Topliss-reactive ketones (excluding diaryl/α,β-unsaturated/α-hetero) is 1. The maximum Gasteiger partial charge on any atom is 0.286 e. The summed E-state index contributed by atoms with van der Waals surface area (Å²) in [6, 6.07) is -0.425. The first-order valence-electron chi connectivity index (χ1n) is 9.94. The van der Waals surface area contributed by atoms with Crippen LogP contribution in [0.2, 0.25) is 0 Å². The highest BCUT2D eigenvalue weighted by molar-refractivity contribution is 7.99. The number of hydrogen-bond donors (Lipinski definition) is 1. The van der Waals surface area contributed by atoms with Crippen molar-refractivity contribution in [3.8, 4) is 0 Å². The molecule has 0 unspecified atom stereocenters. The van der Waals surface area contributed by atoms with E-state index in [1.165, 1.54) is 24.6 Å². The van der Waals surface area contributed by atoms with Crippen LogP contribution in [0.15, 0.2) is 9.64 Å². The van der Waals surface area contributed by atoms with Gasteiger partial charge in [-0.2, -0.15) is 0 Å². The standard InChI is InChI=1S/C19H32N4O3S/c1-14(2)12-16(23(13-24)15-8-6-4-5-7-9-15)17(25)18-21-22-19(26-18)27-11-10-20-3/h13-16,20H,4-12H2,1-3H3/t16-/m0/s1. The molecule has 1 aliphatic carbocycles. The summed E-state index contributed by atoms with van der Waals surface area (Å²) in [5.74, 6) is 0.824. The van der Waals surface area contributed by atoms with Crippen LogP contribution >= 0.6 is 11.8 Å². The Balaban J connectivity index is 2.15. The average molecular weight is 397 g/mol. The molecule has 1 fully saturated rings. The second-order valence-corrected chi connectivity index (χ2v) is 8.58. The molecule has 0 radical (unpaired) electrons. The number of amides is 1. The lowest BCUT2D eigenvalue weighted by Crippen LogP contribution is -2.47. The number of carbonyl (C=O) groups excluding carboxylic acids is 2. The van der Waals surface area contributed by atoms with Crippen LogP contribution in [0, 0.1) is 5.92 Å². The molecule has 0 bridgehead atoms. The molecule has 1 aromatic heterocycles. The second-order valence-electron chi connectivity index (χ2n) is 7.53. The first-order chi connectivity index (χ1) is 13.1. The molecule has 0 saturated heterocycles. The Kier molecular flexibility index (Phi) is 9.27. The Morgan fingerprint density at radius 1 is 1.30 bits per heavy atom. The number of carbonyl (C=O) groups is 2. The zero-order chi connectivity index (χ0) is 19.6. The summed E-state index contributed by atoms with van der Waals surface area (Å²) in [6.45, 7) is 4.93. The number of rotatable bonds is 11. The van der Waals surface area contributed by atoms with Crippen LogP contribution in [0.5, 0.6) is 0 Å². The molecule has 8 heteroatoms. The minimum Gasteiger partial charge on any atom is -0.408 e. The molecule has 1 N–H and O–H groups in total. The molecule has 0 spiro atoms. The molecule has 1 aromatic rings. The highest BCUT2D eigenvalue weighted by Crippen LogP contribution is 2.26. The lowest BCUT2D eigenvalue weighted by Gasteiger charge is -2.34. The van der Waals surface area contributed by atoms with Gasteiger partial charge in [0.05, 0.1) is 0 Å². The summed E-state index contributed by atoms with van der Waals surface area (Å²) in [7, 11) is 1.88. The number of nitrogens with zero attached hydrogens (tertiary/aromatic N) is 3. The van der Waals surface area contributed by atoms with E-state index in [4.69, 9.17) is 4.42 Å². The number of nitrogens with one attached hydrogen (secondary N) is 1. The van der Waals surface area contributed by atoms with Crippen LogP contribution in [-0.4, -0.2) is 58.7 Å². The van der Waals surface area contributed by atoms with Crippen LogP contribution in [0.4, 0.5) is 0 Å². The van der Waals surface area contributed by atoms with E-state index in [1.807, 2.05) is 7.05 Å². The fourth-order valence-electron chi connectivity index (χ4n) is 3.53. The number of ketones is 1. The lowest BCUT2D eigenvalue weighted by atomic mass is 9.95. The molecule has 1 aliphatic rings. The highest BCUT2D eigenvalue weighted by Gasteiger charge is 2.34. The van der Waals surface area contributed by atoms with Crippen molar-refractivity contribution in [2.75, 3.05) is 19.3 Å². The normalized spacial score (nSPS) is 16.9. The van der Waals surface area contributed by atoms with Crippen molar-refractivity contribution in [2.45, 2.75) is 76.1 Å². The smallest absolute Gasteiger partial charge is 0.286 e. The van der Waals surface area contributed by atoms with E-state index in [9.17, 15) is 9.59 Å². The first kappa shape index (κ1) is 21.9. The zero-order valence-electron chi connectivity index (χ0n) is 16.6. The first-order valence-corrected chi connectivity index (χ1v) is 10.9. The lowest BCUT2D eigenvalue weighted by molar-refractivity contribution is -0.122. The van der Waals surface area contributed by atoms with Crippen molar-refractivity contribution in [1.82, 2.24) is 20.4 Å². The molecule has 1 amide bonds. The second kappa shape index (κ2) is 11.4. The molecule has 0 aliphatic heterocycles. The van der Waals surface area contributed by atoms with Gasteiger partial charge in [-0.3, -0.25) is 9.59 Å². The predicted octanol–water partition coefficient (Wildman–Crippen LogP) is 3.16. The molecule has 1 atom stereocenters. The van der Waals surface area contributed by atoms with Crippen molar-refractivity contribution in [3.05, 3.63) is 5.89 Å². The molecule has 2 rings (SSSR count). The van der Waals surface area contributed by atoms with E-state index in [1.54, 1.807) is 4.90 Å². The van der Waals surface area contributed by atoms with Crippen molar-refractivity contribution in [3.63, 3.8) is 0 Å². The van der Waals surface area contributed by atoms with Gasteiger partial charge >= 0.3 is 0 Å². The monoisotopic (exact) mass is 396 g/mol. The van der Waals surface area contributed by atoms with Gasteiger partial charge in [0.2, 0.25) is 12.2 Å². The summed E-state index contributed by atoms with van der Waals surface area (Å²) in [4.78, 5) is 26.8. The fourth-order valence-corrected chi connectivity index (χ4v) is 4.25. The topological polar surface area (TPSA) is 88.3 Å². The van der Waals surface area contributed by atoms with Crippen LogP contribution in [0.1, 0.15) is 69.5 Å². The maximum atomic E-state index is 13.1. The van der Waals surface area contributed by atoms with Crippen molar-refractivity contribution in [2.24, 2.45) is 5.92 Å². The van der Waals surface area contributed by atoms with Gasteiger partial charge in [0.1, 0.15) is 6.04 Å². The molecular formula is C19H32N4O3S. The van der Waals surface area contributed by atoms with E-state index in [-0.39, 0.29) is 23.6 Å². The largest absolute Gasteiger partial charge is 0.408 e. The zero-order valence-corrected chi connectivity index (χ0v) is 17.5. The van der Waals surface area contributed by atoms with E-state index in [0.717, 1.165) is 44.4 Å². The molecule has 152 valence electrons. The quantitative estimate of drug-likeness (QED) is 0.202. The van der Waals surface area contributed by atoms with Gasteiger partial charge in [-0.15, -0.1) is 10.2 Å². The molecule has 7 nitrogen and oxygen atoms in total. The van der Waals surface area contributed by atoms with E-state index in [0.29, 0.717) is 11.6 Å². The molecule has 0 aromatic carbocycles. The Bertz CT molecular complexity index is 585. The Morgan fingerprint density at radius 2 is 2.00 bits per heavy atom. The van der Waals surface area contributed by atoms with Crippen molar-refractivity contribution in [1.29, 1.82) is 0 Å². The van der Waals surface area contributed by atoms with Crippen molar-refractivity contribution >= 4 is 24.0 Å². The third-order valence-corrected chi connectivity index (χ3v) is 5.74. The molecule has 1 heterocycles. The Morgan fingerprint density at radius 3 is 2.59 bits per heavy atom. The summed E-state index contributed by atoms with van der Waals surface area (Å²) < 4.78 is 5.58. The highest BCUT2D eigenvalue weighted by atomic mass is 32.2. The van der Waals surface area contributed by atoms with Crippen LogP contribution in [-0.2, 0) is 4.79 Å². The SMILES string of the molecule is CNCCSc1nnc(C(=O)[C@H](CC(C)C)N(C=O)C2CCCCCC2)o1.